The molecule has 0 saturated carbocycles. The van der Waals surface area contributed by atoms with Crippen molar-refractivity contribution in [2.24, 2.45) is 0 Å². The number of sulfonamides is 1. The third-order valence-electron chi connectivity index (χ3n) is 3.10. The number of nitrogens with zero attached hydrogens (tertiary/aromatic N) is 1. The van der Waals surface area contributed by atoms with Crippen molar-refractivity contribution in [1.82, 2.24) is 19.6 Å². The molecule has 0 spiro atoms. The molecule has 8 heteroatoms. The lowest BCUT2D eigenvalue weighted by Crippen LogP contribution is -2.29. The number of aromatic amines is 2. The molecule has 1 heterocycles. The Morgan fingerprint density at radius 2 is 1.95 bits per heavy atom. The second kappa shape index (κ2) is 5.78. The van der Waals surface area contributed by atoms with Crippen LogP contribution in [0.3, 0.4) is 0 Å². The zero-order valence-electron chi connectivity index (χ0n) is 11.4. The van der Waals surface area contributed by atoms with Gasteiger partial charge in [0.1, 0.15) is 0 Å². The summed E-state index contributed by atoms with van der Waals surface area (Å²) in [6.45, 7) is 1.19. The molecule has 0 saturated heterocycles. The van der Waals surface area contributed by atoms with Gasteiger partial charge in [-0.1, -0.05) is 0 Å². The van der Waals surface area contributed by atoms with E-state index in [1.165, 1.54) is 16.4 Å². The van der Waals surface area contributed by atoms with Crippen LogP contribution in [0.1, 0.15) is 6.42 Å². The number of hydrogen-bond donors (Lipinski definition) is 3. The van der Waals surface area contributed by atoms with Gasteiger partial charge in [0.2, 0.25) is 10.0 Å². The Hall–Kier alpha value is -1.64. The number of H-pyrrole nitrogens is 2. The van der Waals surface area contributed by atoms with E-state index in [2.05, 4.69) is 15.3 Å². The zero-order chi connectivity index (χ0) is 14.8. The van der Waals surface area contributed by atoms with Gasteiger partial charge in [-0.15, -0.1) is 0 Å². The van der Waals surface area contributed by atoms with Crippen molar-refractivity contribution in [3.8, 4) is 0 Å². The fourth-order valence-electron chi connectivity index (χ4n) is 1.95. The maximum absolute atomic E-state index is 12.4. The predicted molar refractivity (Wildman–Crippen MR) is 77.3 cm³/mol. The van der Waals surface area contributed by atoms with Crippen LogP contribution in [-0.4, -0.2) is 49.9 Å². The standard InChI is InChI=1S/C12H18N4O3S/c1-13-6-3-7-16(2)20(18,19)9-4-5-10-11(8-9)15-12(17)14-10/h4-5,8,13H,3,6-7H2,1-2H3,(H2,14,15,17). The van der Waals surface area contributed by atoms with Gasteiger partial charge < -0.3 is 15.3 Å². The summed E-state index contributed by atoms with van der Waals surface area (Å²) >= 11 is 0. The van der Waals surface area contributed by atoms with Gasteiger partial charge in [-0.3, -0.25) is 0 Å². The van der Waals surface area contributed by atoms with Gasteiger partial charge in [-0.05, 0) is 38.2 Å². The van der Waals surface area contributed by atoms with Crippen LogP contribution in [0.2, 0.25) is 0 Å². The largest absolute Gasteiger partial charge is 0.323 e. The van der Waals surface area contributed by atoms with Crippen LogP contribution in [0.25, 0.3) is 11.0 Å². The number of hydrogen-bond acceptors (Lipinski definition) is 4. The monoisotopic (exact) mass is 298 g/mol. The van der Waals surface area contributed by atoms with Crippen LogP contribution >= 0.6 is 0 Å². The first-order valence-corrected chi connectivity index (χ1v) is 7.72. The summed E-state index contributed by atoms with van der Waals surface area (Å²) in [7, 11) is -0.157. The molecule has 0 unspecified atom stereocenters. The molecular formula is C12H18N4O3S. The maximum Gasteiger partial charge on any atom is 0.323 e. The minimum absolute atomic E-state index is 0.173. The molecule has 0 aliphatic rings. The van der Waals surface area contributed by atoms with Crippen molar-refractivity contribution in [3.05, 3.63) is 28.7 Å². The average molecular weight is 298 g/mol. The highest BCUT2D eigenvalue weighted by atomic mass is 32.2. The number of fused-ring (bicyclic) bond motifs is 1. The predicted octanol–water partition coefficient (Wildman–Crippen LogP) is 0.0862. The second-order valence-corrected chi connectivity index (χ2v) is 6.62. The summed E-state index contributed by atoms with van der Waals surface area (Å²) in [4.78, 5) is 16.5. The van der Waals surface area contributed by atoms with Gasteiger partial charge in [0, 0.05) is 13.6 Å². The van der Waals surface area contributed by atoms with Crippen LogP contribution in [0.4, 0.5) is 0 Å². The van der Waals surface area contributed by atoms with Crippen molar-refractivity contribution >= 4 is 21.1 Å². The van der Waals surface area contributed by atoms with E-state index in [1.54, 1.807) is 13.1 Å². The number of imidazole rings is 1. The lowest BCUT2D eigenvalue weighted by atomic mass is 10.3. The topological polar surface area (TPSA) is 98.1 Å². The Balaban J connectivity index is 2.28. The minimum atomic E-state index is -3.53. The molecule has 1 aromatic carbocycles. The number of aromatic nitrogens is 2. The summed E-state index contributed by atoms with van der Waals surface area (Å²) in [5.41, 5.74) is 0.725. The molecule has 0 aliphatic heterocycles. The highest BCUT2D eigenvalue weighted by Crippen LogP contribution is 2.18. The molecule has 0 atom stereocenters. The van der Waals surface area contributed by atoms with Crippen molar-refractivity contribution < 1.29 is 8.42 Å². The van der Waals surface area contributed by atoms with E-state index in [1.807, 2.05) is 7.05 Å². The van der Waals surface area contributed by atoms with Gasteiger partial charge in [0.15, 0.2) is 0 Å². The van der Waals surface area contributed by atoms with E-state index in [-0.39, 0.29) is 10.6 Å². The minimum Gasteiger partial charge on any atom is -0.320 e. The van der Waals surface area contributed by atoms with Crippen LogP contribution in [0, 0.1) is 0 Å². The molecule has 0 fully saturated rings. The lowest BCUT2D eigenvalue weighted by Gasteiger charge is -2.17. The Bertz CT molecular complexity index is 747. The molecule has 3 N–H and O–H groups in total. The first-order chi connectivity index (χ1) is 9.45. The van der Waals surface area contributed by atoms with Crippen molar-refractivity contribution in [3.63, 3.8) is 0 Å². The first kappa shape index (κ1) is 14.8. The molecule has 0 amide bonds. The van der Waals surface area contributed by atoms with Crippen LogP contribution < -0.4 is 11.0 Å². The Labute approximate surface area is 117 Å². The van der Waals surface area contributed by atoms with E-state index in [0.717, 1.165) is 13.0 Å². The van der Waals surface area contributed by atoms with E-state index >= 15 is 0 Å². The quantitative estimate of drug-likeness (QED) is 0.658. The van der Waals surface area contributed by atoms with E-state index in [4.69, 9.17) is 0 Å². The molecule has 2 aromatic rings. The van der Waals surface area contributed by atoms with Crippen LogP contribution in [0.15, 0.2) is 27.9 Å². The van der Waals surface area contributed by atoms with Gasteiger partial charge in [-0.2, -0.15) is 0 Å². The zero-order valence-corrected chi connectivity index (χ0v) is 12.3. The Kier molecular flexibility index (Phi) is 4.26. The second-order valence-electron chi connectivity index (χ2n) is 4.57. The molecule has 0 bridgehead atoms. The molecule has 20 heavy (non-hydrogen) atoms. The molecule has 0 radical (unpaired) electrons. The molecule has 7 nitrogen and oxygen atoms in total. The van der Waals surface area contributed by atoms with Crippen LogP contribution in [0.5, 0.6) is 0 Å². The van der Waals surface area contributed by atoms with E-state index in [9.17, 15) is 13.2 Å². The first-order valence-electron chi connectivity index (χ1n) is 6.28. The fourth-order valence-corrected chi connectivity index (χ4v) is 3.19. The van der Waals surface area contributed by atoms with Gasteiger partial charge >= 0.3 is 5.69 Å². The lowest BCUT2D eigenvalue weighted by molar-refractivity contribution is 0.458. The number of benzene rings is 1. The normalized spacial score (nSPS) is 12.3. The van der Waals surface area contributed by atoms with Gasteiger partial charge in [0.05, 0.1) is 15.9 Å². The summed E-state index contributed by atoms with van der Waals surface area (Å²) in [5, 5.41) is 2.98. The maximum atomic E-state index is 12.4. The smallest absolute Gasteiger partial charge is 0.320 e. The summed E-state index contributed by atoms with van der Waals surface area (Å²) < 4.78 is 26.1. The summed E-state index contributed by atoms with van der Waals surface area (Å²) in [6, 6.07) is 4.55. The number of rotatable bonds is 6. The van der Waals surface area contributed by atoms with Crippen molar-refractivity contribution in [2.75, 3.05) is 27.2 Å². The third-order valence-corrected chi connectivity index (χ3v) is 4.95. The molecule has 2 rings (SSSR count). The Morgan fingerprint density at radius 3 is 2.65 bits per heavy atom. The highest BCUT2D eigenvalue weighted by Gasteiger charge is 2.20. The molecule has 0 aliphatic carbocycles. The fraction of sp³-hybridized carbons (Fsp3) is 0.417. The van der Waals surface area contributed by atoms with Crippen LogP contribution in [-0.2, 0) is 10.0 Å². The average Bonchev–Trinajstić information content (AvgIpc) is 2.77. The summed E-state index contributed by atoms with van der Waals surface area (Å²) in [6.07, 6.45) is 0.732. The third kappa shape index (κ3) is 2.92. The number of nitrogens with one attached hydrogen (secondary N) is 3. The Morgan fingerprint density at radius 1 is 1.25 bits per heavy atom. The van der Waals surface area contributed by atoms with Gasteiger partial charge in [0.25, 0.3) is 0 Å². The molecular weight excluding hydrogens is 280 g/mol. The van der Waals surface area contributed by atoms with Gasteiger partial charge in [-0.25, -0.2) is 17.5 Å². The van der Waals surface area contributed by atoms with Crippen molar-refractivity contribution in [2.45, 2.75) is 11.3 Å². The molecule has 110 valence electrons. The van der Waals surface area contributed by atoms with Crippen molar-refractivity contribution in [1.29, 1.82) is 0 Å². The SMILES string of the molecule is CNCCCN(C)S(=O)(=O)c1ccc2[nH]c(=O)[nH]c2c1. The summed E-state index contributed by atoms with van der Waals surface area (Å²) in [5.74, 6) is 0. The highest BCUT2D eigenvalue weighted by molar-refractivity contribution is 7.89. The van der Waals surface area contributed by atoms with E-state index in [0.29, 0.717) is 17.6 Å². The molecule has 1 aromatic heterocycles. The van der Waals surface area contributed by atoms with E-state index < -0.39 is 10.0 Å².